The first-order valence-electron chi connectivity index (χ1n) is 6.19. The second-order valence-corrected chi connectivity index (χ2v) is 5.71. The number of thiophene rings is 1. The van der Waals surface area contributed by atoms with E-state index in [9.17, 15) is 0 Å². The first-order valence-corrected chi connectivity index (χ1v) is 7.07. The van der Waals surface area contributed by atoms with Crippen molar-refractivity contribution in [3.63, 3.8) is 0 Å². The molecule has 4 heteroatoms. The average Bonchev–Trinajstić information content (AvgIpc) is 2.97. The van der Waals surface area contributed by atoms with E-state index >= 15 is 0 Å². The van der Waals surface area contributed by atoms with Crippen LogP contribution in [0.15, 0.2) is 29.6 Å². The molecule has 19 heavy (non-hydrogen) atoms. The van der Waals surface area contributed by atoms with Crippen LogP contribution in [0.2, 0.25) is 0 Å². The number of hydrogen-bond donors (Lipinski definition) is 1. The number of H-pyrrole nitrogens is 1. The minimum absolute atomic E-state index is 0.776. The Balaban J connectivity index is 2.09. The molecule has 0 fully saturated rings. The van der Waals surface area contributed by atoms with Gasteiger partial charge in [-0.3, -0.25) is 5.10 Å². The molecular weight excluding hydrogens is 254 g/mol. The molecule has 0 aliphatic heterocycles. The van der Waals surface area contributed by atoms with Crippen molar-refractivity contribution in [1.82, 2.24) is 15.2 Å². The van der Waals surface area contributed by atoms with Crippen LogP contribution >= 0.6 is 11.3 Å². The van der Waals surface area contributed by atoms with Crippen molar-refractivity contribution < 1.29 is 0 Å². The van der Waals surface area contributed by atoms with Crippen molar-refractivity contribution in [2.45, 2.75) is 20.8 Å². The summed E-state index contributed by atoms with van der Waals surface area (Å²) in [6, 6.07) is 8.40. The highest BCUT2D eigenvalue weighted by Crippen LogP contribution is 2.28. The van der Waals surface area contributed by atoms with Crippen LogP contribution < -0.4 is 0 Å². The van der Waals surface area contributed by atoms with E-state index < -0.39 is 0 Å². The summed E-state index contributed by atoms with van der Waals surface area (Å²) in [7, 11) is 0. The highest BCUT2D eigenvalue weighted by molar-refractivity contribution is 7.13. The maximum atomic E-state index is 4.62. The number of rotatable bonds is 2. The zero-order valence-electron chi connectivity index (χ0n) is 11.2. The molecule has 0 aliphatic carbocycles. The zero-order valence-corrected chi connectivity index (χ0v) is 12.0. The average molecular weight is 269 g/mol. The molecule has 0 saturated heterocycles. The van der Waals surface area contributed by atoms with Gasteiger partial charge in [0.15, 0.2) is 11.6 Å². The van der Waals surface area contributed by atoms with Crippen molar-refractivity contribution in [2.75, 3.05) is 0 Å². The summed E-state index contributed by atoms with van der Waals surface area (Å²) in [5.74, 6) is 1.61. The molecule has 3 nitrogen and oxygen atoms in total. The van der Waals surface area contributed by atoms with Gasteiger partial charge in [0.2, 0.25) is 0 Å². The number of nitrogens with zero attached hydrogens (tertiary/aromatic N) is 2. The first kappa shape index (κ1) is 12.1. The first-order chi connectivity index (χ1) is 9.15. The van der Waals surface area contributed by atoms with Gasteiger partial charge in [0.25, 0.3) is 0 Å². The van der Waals surface area contributed by atoms with E-state index in [-0.39, 0.29) is 0 Å². The smallest absolute Gasteiger partial charge is 0.182 e. The van der Waals surface area contributed by atoms with E-state index in [1.165, 1.54) is 16.7 Å². The van der Waals surface area contributed by atoms with Crippen LogP contribution in [0.5, 0.6) is 0 Å². The van der Waals surface area contributed by atoms with Gasteiger partial charge in [-0.15, -0.1) is 11.3 Å². The SMILES string of the molecule is Cc1cc(C)c(-c2n[nH]c(-c3cccs3)n2)c(C)c1. The van der Waals surface area contributed by atoms with Crippen molar-refractivity contribution in [3.05, 3.63) is 46.3 Å². The fourth-order valence-electron chi connectivity index (χ4n) is 2.43. The van der Waals surface area contributed by atoms with Crippen LogP contribution in [0.3, 0.4) is 0 Å². The molecule has 0 saturated carbocycles. The molecule has 2 heterocycles. The molecule has 3 aromatic rings. The van der Waals surface area contributed by atoms with Gasteiger partial charge in [-0.25, -0.2) is 4.98 Å². The third-order valence-corrected chi connectivity index (χ3v) is 4.02. The van der Waals surface area contributed by atoms with Crippen LogP contribution in [-0.2, 0) is 0 Å². The largest absolute Gasteiger partial charge is 0.258 e. The number of aryl methyl sites for hydroxylation is 3. The summed E-state index contributed by atoms with van der Waals surface area (Å²) in [4.78, 5) is 5.73. The van der Waals surface area contributed by atoms with E-state index in [1.807, 2.05) is 17.5 Å². The lowest BCUT2D eigenvalue weighted by Crippen LogP contribution is -1.91. The molecule has 0 unspecified atom stereocenters. The summed E-state index contributed by atoms with van der Waals surface area (Å²) < 4.78 is 0. The number of aromatic amines is 1. The molecular formula is C15H15N3S. The summed E-state index contributed by atoms with van der Waals surface area (Å²) >= 11 is 1.66. The minimum atomic E-state index is 0.776. The molecule has 0 radical (unpaired) electrons. The predicted octanol–water partition coefficient (Wildman–Crippen LogP) is 4.13. The lowest BCUT2D eigenvalue weighted by Gasteiger charge is -2.07. The molecule has 0 spiro atoms. The van der Waals surface area contributed by atoms with Gasteiger partial charge in [0.1, 0.15) is 0 Å². The number of benzene rings is 1. The Morgan fingerprint density at radius 2 is 1.84 bits per heavy atom. The summed E-state index contributed by atoms with van der Waals surface area (Å²) in [6.45, 7) is 6.33. The summed E-state index contributed by atoms with van der Waals surface area (Å²) in [5.41, 5.74) is 4.83. The van der Waals surface area contributed by atoms with Crippen molar-refractivity contribution in [1.29, 1.82) is 0 Å². The Bertz CT molecular complexity index is 688. The van der Waals surface area contributed by atoms with E-state index in [4.69, 9.17) is 0 Å². The van der Waals surface area contributed by atoms with Gasteiger partial charge < -0.3 is 0 Å². The third kappa shape index (κ3) is 2.19. The van der Waals surface area contributed by atoms with Gasteiger partial charge in [-0.05, 0) is 43.3 Å². The molecule has 1 N–H and O–H groups in total. The molecule has 3 rings (SSSR count). The Morgan fingerprint density at radius 3 is 2.47 bits per heavy atom. The Labute approximate surface area is 116 Å². The minimum Gasteiger partial charge on any atom is -0.258 e. The summed E-state index contributed by atoms with van der Waals surface area (Å²) in [5, 5.41) is 9.43. The number of nitrogens with one attached hydrogen (secondary N) is 1. The molecule has 1 aromatic carbocycles. The van der Waals surface area contributed by atoms with Gasteiger partial charge in [-0.2, -0.15) is 5.10 Å². The van der Waals surface area contributed by atoms with Gasteiger partial charge >= 0.3 is 0 Å². The van der Waals surface area contributed by atoms with Crippen LogP contribution in [0.1, 0.15) is 16.7 Å². The van der Waals surface area contributed by atoms with Crippen molar-refractivity contribution in [2.24, 2.45) is 0 Å². The topological polar surface area (TPSA) is 41.6 Å². The molecule has 0 amide bonds. The maximum Gasteiger partial charge on any atom is 0.182 e. The fraction of sp³-hybridized carbons (Fsp3) is 0.200. The number of hydrogen-bond acceptors (Lipinski definition) is 3. The van der Waals surface area contributed by atoms with Crippen LogP contribution in [0, 0.1) is 20.8 Å². The highest BCUT2D eigenvalue weighted by Gasteiger charge is 2.13. The van der Waals surface area contributed by atoms with Crippen LogP contribution in [0.4, 0.5) is 0 Å². The van der Waals surface area contributed by atoms with Crippen molar-refractivity contribution >= 4 is 11.3 Å². The van der Waals surface area contributed by atoms with Crippen molar-refractivity contribution in [3.8, 4) is 22.1 Å². The monoisotopic (exact) mass is 269 g/mol. The molecule has 2 aromatic heterocycles. The van der Waals surface area contributed by atoms with Gasteiger partial charge in [0.05, 0.1) is 4.88 Å². The Hall–Kier alpha value is -1.94. The van der Waals surface area contributed by atoms with Crippen LogP contribution in [-0.4, -0.2) is 15.2 Å². The molecule has 96 valence electrons. The van der Waals surface area contributed by atoms with Gasteiger partial charge in [-0.1, -0.05) is 23.8 Å². The quantitative estimate of drug-likeness (QED) is 0.760. The second-order valence-electron chi connectivity index (χ2n) is 4.76. The molecule has 0 atom stereocenters. The van der Waals surface area contributed by atoms with E-state index in [1.54, 1.807) is 11.3 Å². The Kier molecular flexibility index (Phi) is 2.95. The van der Waals surface area contributed by atoms with Gasteiger partial charge in [0, 0.05) is 5.56 Å². The van der Waals surface area contributed by atoms with E-state index in [0.717, 1.165) is 22.1 Å². The lowest BCUT2D eigenvalue weighted by molar-refractivity contribution is 1.10. The van der Waals surface area contributed by atoms with Crippen LogP contribution in [0.25, 0.3) is 22.1 Å². The lowest BCUT2D eigenvalue weighted by atomic mass is 9.99. The summed E-state index contributed by atoms with van der Waals surface area (Å²) in [6.07, 6.45) is 0. The molecule has 0 aliphatic rings. The maximum absolute atomic E-state index is 4.62. The van der Waals surface area contributed by atoms with E-state index in [0.29, 0.717) is 0 Å². The Morgan fingerprint density at radius 1 is 1.11 bits per heavy atom. The second kappa shape index (κ2) is 4.63. The number of aromatic nitrogens is 3. The fourth-order valence-corrected chi connectivity index (χ4v) is 3.09. The normalized spacial score (nSPS) is 10.9. The van der Waals surface area contributed by atoms with E-state index in [2.05, 4.69) is 48.1 Å². The third-order valence-electron chi connectivity index (χ3n) is 3.14. The zero-order chi connectivity index (χ0) is 13.4. The molecule has 0 bridgehead atoms. The predicted molar refractivity (Wildman–Crippen MR) is 79.3 cm³/mol. The standard InChI is InChI=1S/C15H15N3S/c1-9-7-10(2)13(11(3)8-9)15-16-14(17-18-15)12-5-4-6-19-12/h4-8H,1-3H3,(H,16,17,18). The highest BCUT2D eigenvalue weighted by atomic mass is 32.1.